The Kier molecular flexibility index (Phi) is 5.34. The molecular weight excluding hydrogens is 468 g/mol. The average Bonchev–Trinajstić information content (AvgIpc) is 3.33. The molecule has 0 radical (unpaired) electrons. The number of hydrogen-bond donors (Lipinski definition) is 1. The van der Waals surface area contributed by atoms with Crippen molar-refractivity contribution in [3.05, 3.63) is 140 Å². The lowest BCUT2D eigenvalue weighted by Crippen LogP contribution is -2.10. The zero-order valence-electron chi connectivity index (χ0n) is 20.1. The van der Waals surface area contributed by atoms with Gasteiger partial charge in [0.1, 0.15) is 0 Å². The zero-order chi connectivity index (χ0) is 24.6. The molecule has 1 aromatic heterocycles. The summed E-state index contributed by atoms with van der Waals surface area (Å²) in [5.41, 5.74) is 5.67. The fourth-order valence-electron chi connectivity index (χ4n) is 5.15. The van der Waals surface area contributed by atoms with Crippen LogP contribution in [0.15, 0.2) is 140 Å². The van der Waals surface area contributed by atoms with E-state index in [0.29, 0.717) is 0 Å². The molecule has 176 valence electrons. The summed E-state index contributed by atoms with van der Waals surface area (Å²) in [6.45, 7) is 0. The van der Waals surface area contributed by atoms with Crippen LogP contribution >= 0.6 is 11.3 Å². The third-order valence-electron chi connectivity index (χ3n) is 6.79. The van der Waals surface area contributed by atoms with Crippen molar-refractivity contribution in [3.8, 4) is 0 Å². The van der Waals surface area contributed by atoms with Crippen molar-refractivity contribution in [1.82, 2.24) is 0 Å². The maximum atomic E-state index is 3.57. The molecule has 0 amide bonds. The molecule has 1 N–H and O–H groups in total. The Labute approximate surface area is 220 Å². The molecular formula is C34H24N2S. The Morgan fingerprint density at radius 2 is 1.05 bits per heavy atom. The SMILES string of the molecule is c1ccc(Nc2ccc3sc4cc(N(c5ccccc5)c5ccccc5)c5ccccc5c4c3c2)cc1. The first-order valence-electron chi connectivity index (χ1n) is 12.5. The number of benzene rings is 6. The molecule has 37 heavy (non-hydrogen) atoms. The molecule has 7 rings (SSSR count). The second kappa shape index (κ2) is 9.12. The van der Waals surface area contributed by atoms with Gasteiger partial charge in [-0.2, -0.15) is 0 Å². The van der Waals surface area contributed by atoms with E-state index in [1.165, 1.54) is 36.6 Å². The van der Waals surface area contributed by atoms with Crippen LogP contribution in [0.1, 0.15) is 0 Å². The van der Waals surface area contributed by atoms with Gasteiger partial charge in [0.05, 0.1) is 5.69 Å². The third kappa shape index (κ3) is 3.90. The van der Waals surface area contributed by atoms with E-state index in [1.807, 2.05) is 17.4 Å². The summed E-state index contributed by atoms with van der Waals surface area (Å²) in [6, 6.07) is 49.5. The highest BCUT2D eigenvalue weighted by atomic mass is 32.1. The molecule has 0 fully saturated rings. The normalized spacial score (nSPS) is 11.2. The first-order valence-corrected chi connectivity index (χ1v) is 13.3. The van der Waals surface area contributed by atoms with Crippen LogP contribution in [-0.2, 0) is 0 Å². The standard InChI is InChI=1S/C34H24N2S/c1-4-12-24(13-5-1)35-25-20-21-32-30(22-25)34-29-19-11-10-18-28(29)31(23-33(34)37-32)36(26-14-6-2-7-15-26)27-16-8-3-9-17-27/h1-23,35H. The first kappa shape index (κ1) is 21.7. The quantitative estimate of drug-likeness (QED) is 0.257. The van der Waals surface area contributed by atoms with Gasteiger partial charge in [0.2, 0.25) is 0 Å². The van der Waals surface area contributed by atoms with Crippen LogP contribution in [0, 0.1) is 0 Å². The molecule has 0 spiro atoms. The van der Waals surface area contributed by atoms with Gasteiger partial charge in [-0.25, -0.2) is 0 Å². The van der Waals surface area contributed by atoms with Crippen molar-refractivity contribution in [2.45, 2.75) is 0 Å². The predicted molar refractivity (Wildman–Crippen MR) is 161 cm³/mol. The van der Waals surface area contributed by atoms with E-state index < -0.39 is 0 Å². The van der Waals surface area contributed by atoms with E-state index in [1.54, 1.807) is 0 Å². The molecule has 0 atom stereocenters. The molecule has 0 saturated heterocycles. The van der Waals surface area contributed by atoms with Crippen molar-refractivity contribution in [1.29, 1.82) is 0 Å². The summed E-state index contributed by atoms with van der Waals surface area (Å²) in [4.78, 5) is 2.37. The summed E-state index contributed by atoms with van der Waals surface area (Å²) in [7, 11) is 0. The van der Waals surface area contributed by atoms with E-state index >= 15 is 0 Å². The van der Waals surface area contributed by atoms with E-state index in [0.717, 1.165) is 22.7 Å². The summed E-state index contributed by atoms with van der Waals surface area (Å²) in [5.74, 6) is 0. The summed E-state index contributed by atoms with van der Waals surface area (Å²) < 4.78 is 2.58. The van der Waals surface area contributed by atoms with Crippen LogP contribution in [-0.4, -0.2) is 0 Å². The van der Waals surface area contributed by atoms with Gasteiger partial charge in [-0.05, 0) is 66.0 Å². The van der Waals surface area contributed by atoms with Crippen LogP contribution in [0.4, 0.5) is 28.4 Å². The van der Waals surface area contributed by atoms with Gasteiger partial charge >= 0.3 is 0 Å². The molecule has 6 aromatic carbocycles. The monoisotopic (exact) mass is 492 g/mol. The van der Waals surface area contributed by atoms with Gasteiger partial charge in [-0.3, -0.25) is 0 Å². The fourth-order valence-corrected chi connectivity index (χ4v) is 6.29. The number of thiophene rings is 1. The van der Waals surface area contributed by atoms with Crippen LogP contribution in [0.25, 0.3) is 30.9 Å². The maximum absolute atomic E-state index is 3.57. The number of nitrogens with zero attached hydrogens (tertiary/aromatic N) is 1. The predicted octanol–water partition coefficient (Wildman–Crippen LogP) is 10.4. The molecule has 0 aliphatic carbocycles. The van der Waals surface area contributed by atoms with E-state index in [9.17, 15) is 0 Å². The lowest BCUT2D eigenvalue weighted by Gasteiger charge is -2.27. The van der Waals surface area contributed by atoms with Crippen LogP contribution in [0.2, 0.25) is 0 Å². The fraction of sp³-hybridized carbons (Fsp3) is 0. The summed E-state index contributed by atoms with van der Waals surface area (Å²) in [6.07, 6.45) is 0. The van der Waals surface area contributed by atoms with Gasteiger partial charge < -0.3 is 10.2 Å². The molecule has 2 nitrogen and oxygen atoms in total. The lowest BCUT2D eigenvalue weighted by atomic mass is 10.0. The highest BCUT2D eigenvalue weighted by Crippen LogP contribution is 2.46. The minimum atomic E-state index is 1.09. The Bertz CT molecular complexity index is 1800. The van der Waals surface area contributed by atoms with Crippen molar-refractivity contribution in [3.63, 3.8) is 0 Å². The molecule has 0 aliphatic heterocycles. The van der Waals surface area contributed by atoms with Gasteiger partial charge in [-0.15, -0.1) is 11.3 Å². The number of nitrogens with one attached hydrogen (secondary N) is 1. The van der Waals surface area contributed by atoms with Crippen molar-refractivity contribution in [2.24, 2.45) is 0 Å². The Balaban J connectivity index is 1.48. The van der Waals surface area contributed by atoms with Gasteiger partial charge in [0.25, 0.3) is 0 Å². The second-order valence-corrected chi connectivity index (χ2v) is 10.2. The van der Waals surface area contributed by atoms with E-state index in [-0.39, 0.29) is 0 Å². The van der Waals surface area contributed by atoms with Crippen molar-refractivity contribution in [2.75, 3.05) is 10.2 Å². The van der Waals surface area contributed by atoms with Crippen LogP contribution in [0.5, 0.6) is 0 Å². The van der Waals surface area contributed by atoms with Gasteiger partial charge in [-0.1, -0.05) is 78.9 Å². The Morgan fingerprint density at radius 3 is 1.73 bits per heavy atom. The van der Waals surface area contributed by atoms with Crippen molar-refractivity contribution < 1.29 is 0 Å². The minimum absolute atomic E-state index is 1.09. The molecule has 1 heterocycles. The van der Waals surface area contributed by atoms with Crippen molar-refractivity contribution >= 4 is 70.7 Å². The van der Waals surface area contributed by atoms with E-state index in [4.69, 9.17) is 0 Å². The number of rotatable bonds is 5. The van der Waals surface area contributed by atoms with Crippen LogP contribution in [0.3, 0.4) is 0 Å². The molecule has 0 bridgehead atoms. The molecule has 0 aliphatic rings. The highest BCUT2D eigenvalue weighted by Gasteiger charge is 2.19. The smallest absolute Gasteiger partial charge is 0.0554 e. The second-order valence-electron chi connectivity index (χ2n) is 9.12. The van der Waals surface area contributed by atoms with Gasteiger partial charge in [0, 0.05) is 48.3 Å². The average molecular weight is 493 g/mol. The Hall–Kier alpha value is -4.60. The summed E-state index contributed by atoms with van der Waals surface area (Å²) in [5, 5.41) is 8.68. The van der Waals surface area contributed by atoms with Gasteiger partial charge in [0.15, 0.2) is 0 Å². The van der Waals surface area contributed by atoms with Crippen LogP contribution < -0.4 is 10.2 Å². The molecule has 7 aromatic rings. The Morgan fingerprint density at radius 1 is 0.459 bits per heavy atom. The summed E-state index contributed by atoms with van der Waals surface area (Å²) >= 11 is 1.86. The number of hydrogen-bond acceptors (Lipinski definition) is 3. The topological polar surface area (TPSA) is 15.3 Å². The third-order valence-corrected chi connectivity index (χ3v) is 7.91. The number of fused-ring (bicyclic) bond motifs is 5. The zero-order valence-corrected chi connectivity index (χ0v) is 21.0. The lowest BCUT2D eigenvalue weighted by molar-refractivity contribution is 1.30. The first-order chi connectivity index (χ1) is 18.3. The largest absolute Gasteiger partial charge is 0.356 e. The maximum Gasteiger partial charge on any atom is 0.0554 e. The van der Waals surface area contributed by atoms with E-state index in [2.05, 4.69) is 144 Å². The number of para-hydroxylation sites is 3. The minimum Gasteiger partial charge on any atom is -0.356 e. The molecule has 0 saturated carbocycles. The number of anilines is 5. The molecule has 3 heteroatoms. The molecule has 0 unspecified atom stereocenters. The highest BCUT2D eigenvalue weighted by molar-refractivity contribution is 7.26.